The summed E-state index contributed by atoms with van der Waals surface area (Å²) in [6.45, 7) is 1.29. The average Bonchev–Trinajstić information content (AvgIpc) is 2.30. The Hall–Kier alpha value is -1.86. The Kier molecular flexibility index (Phi) is 4.24. The second-order valence-electron chi connectivity index (χ2n) is 3.42. The number of hydrogen-bond acceptors (Lipinski definition) is 4. The summed E-state index contributed by atoms with van der Waals surface area (Å²) in [5, 5.41) is 9.10. The Balaban J connectivity index is 3.26. The number of Topliss-reactive ketones (excluding diaryl/α,β-unsaturated/α-hetero) is 1. The molecule has 1 unspecified atom stereocenters. The lowest BCUT2D eigenvalue weighted by atomic mass is 9.94. The maximum absolute atomic E-state index is 11.5. The normalized spacial score (nSPS) is 11.4. The second-order valence-corrected chi connectivity index (χ2v) is 3.83. The van der Waals surface area contributed by atoms with E-state index in [0.29, 0.717) is 5.56 Å². The van der Waals surface area contributed by atoms with Crippen LogP contribution in [-0.4, -0.2) is 18.9 Å². The molecule has 0 amide bonds. The van der Waals surface area contributed by atoms with Crippen LogP contribution in [0.5, 0.6) is 0 Å². The monoisotopic (exact) mass is 251 g/mol. The summed E-state index contributed by atoms with van der Waals surface area (Å²) in [6, 6.07) is 6.33. The van der Waals surface area contributed by atoms with Gasteiger partial charge in [-0.1, -0.05) is 17.7 Å². The fourth-order valence-corrected chi connectivity index (χ4v) is 1.62. The van der Waals surface area contributed by atoms with Crippen molar-refractivity contribution in [3.8, 4) is 6.07 Å². The van der Waals surface area contributed by atoms with Gasteiger partial charge in [0.1, 0.15) is 17.8 Å². The van der Waals surface area contributed by atoms with Crippen LogP contribution in [0.1, 0.15) is 24.0 Å². The van der Waals surface area contributed by atoms with Crippen LogP contribution in [0.25, 0.3) is 0 Å². The van der Waals surface area contributed by atoms with Crippen LogP contribution in [-0.2, 0) is 14.3 Å². The molecular weight excluding hydrogens is 242 g/mol. The molecule has 17 heavy (non-hydrogen) atoms. The lowest BCUT2D eigenvalue weighted by Crippen LogP contribution is -2.21. The van der Waals surface area contributed by atoms with E-state index in [4.69, 9.17) is 16.9 Å². The molecule has 1 aromatic rings. The molecule has 0 bridgehead atoms. The molecule has 0 fully saturated rings. The topological polar surface area (TPSA) is 67.2 Å². The molecule has 1 rings (SSSR count). The molecule has 88 valence electrons. The highest BCUT2D eigenvalue weighted by Crippen LogP contribution is 2.24. The van der Waals surface area contributed by atoms with E-state index >= 15 is 0 Å². The van der Waals surface area contributed by atoms with E-state index in [1.54, 1.807) is 0 Å². The number of halogens is 1. The molecule has 0 aliphatic carbocycles. The van der Waals surface area contributed by atoms with Crippen molar-refractivity contribution in [3.63, 3.8) is 0 Å². The van der Waals surface area contributed by atoms with E-state index < -0.39 is 11.9 Å². The van der Waals surface area contributed by atoms with Crippen molar-refractivity contribution in [2.24, 2.45) is 0 Å². The van der Waals surface area contributed by atoms with E-state index in [1.165, 1.54) is 32.2 Å². The van der Waals surface area contributed by atoms with Gasteiger partial charge < -0.3 is 4.74 Å². The van der Waals surface area contributed by atoms with Crippen molar-refractivity contribution in [1.29, 1.82) is 5.26 Å². The Morgan fingerprint density at radius 3 is 2.59 bits per heavy atom. The van der Waals surface area contributed by atoms with E-state index in [2.05, 4.69) is 4.74 Å². The van der Waals surface area contributed by atoms with Crippen LogP contribution >= 0.6 is 11.6 Å². The summed E-state index contributed by atoms with van der Waals surface area (Å²) in [6.07, 6.45) is 0. The molecule has 1 atom stereocenters. The van der Waals surface area contributed by atoms with Gasteiger partial charge in [0.15, 0.2) is 0 Å². The van der Waals surface area contributed by atoms with Crippen molar-refractivity contribution in [1.82, 2.24) is 0 Å². The van der Waals surface area contributed by atoms with Crippen molar-refractivity contribution in [3.05, 3.63) is 34.3 Å². The standard InChI is InChI=1S/C12H10ClNO3/c1-7(15)11(12(16)17-2)8-3-4-10(13)9(5-8)6-14/h3-5,11H,1-2H3. The average molecular weight is 252 g/mol. The quantitative estimate of drug-likeness (QED) is 0.609. The molecule has 0 saturated carbocycles. The van der Waals surface area contributed by atoms with Gasteiger partial charge in [0, 0.05) is 0 Å². The SMILES string of the molecule is COC(=O)C(C(C)=O)c1ccc(Cl)c(C#N)c1. The number of esters is 1. The third-order valence-corrected chi connectivity index (χ3v) is 2.62. The maximum atomic E-state index is 11.5. The highest BCUT2D eigenvalue weighted by atomic mass is 35.5. The Labute approximate surface area is 104 Å². The number of nitriles is 1. The van der Waals surface area contributed by atoms with Gasteiger partial charge in [-0.3, -0.25) is 9.59 Å². The van der Waals surface area contributed by atoms with Crippen LogP contribution in [0.15, 0.2) is 18.2 Å². The number of carbonyl (C=O) groups excluding carboxylic acids is 2. The fraction of sp³-hybridized carbons (Fsp3) is 0.250. The third-order valence-electron chi connectivity index (χ3n) is 2.29. The lowest BCUT2D eigenvalue weighted by molar-refractivity contribution is -0.145. The van der Waals surface area contributed by atoms with E-state index in [-0.39, 0.29) is 16.4 Å². The number of hydrogen-bond donors (Lipinski definition) is 0. The number of carbonyl (C=O) groups is 2. The predicted octanol–water partition coefficient (Wildman–Crippen LogP) is 2.06. The molecule has 0 heterocycles. The summed E-state index contributed by atoms with van der Waals surface area (Å²) in [4.78, 5) is 22.9. The van der Waals surface area contributed by atoms with E-state index in [9.17, 15) is 9.59 Å². The summed E-state index contributed by atoms with van der Waals surface area (Å²) < 4.78 is 4.56. The molecule has 5 heteroatoms. The van der Waals surface area contributed by atoms with Crippen molar-refractivity contribution in [2.75, 3.05) is 7.11 Å². The first-order chi connectivity index (χ1) is 8.01. The maximum Gasteiger partial charge on any atom is 0.320 e. The zero-order valence-corrected chi connectivity index (χ0v) is 10.1. The van der Waals surface area contributed by atoms with Crippen LogP contribution in [0.4, 0.5) is 0 Å². The van der Waals surface area contributed by atoms with Gasteiger partial charge in [-0.2, -0.15) is 5.26 Å². The minimum absolute atomic E-state index is 0.222. The molecule has 0 aliphatic rings. The first-order valence-electron chi connectivity index (χ1n) is 4.79. The van der Waals surface area contributed by atoms with Gasteiger partial charge in [0.05, 0.1) is 17.7 Å². The molecule has 0 radical (unpaired) electrons. The van der Waals surface area contributed by atoms with Gasteiger partial charge in [-0.15, -0.1) is 0 Å². The van der Waals surface area contributed by atoms with Gasteiger partial charge in [0.2, 0.25) is 0 Å². The second kappa shape index (κ2) is 5.46. The minimum atomic E-state index is -1.01. The summed E-state index contributed by atoms with van der Waals surface area (Å²) in [5.74, 6) is -2.00. The van der Waals surface area contributed by atoms with Crippen LogP contribution in [0.3, 0.4) is 0 Å². The van der Waals surface area contributed by atoms with Crippen LogP contribution in [0, 0.1) is 11.3 Å². The van der Waals surface area contributed by atoms with Gasteiger partial charge >= 0.3 is 5.97 Å². The van der Waals surface area contributed by atoms with E-state index in [1.807, 2.05) is 6.07 Å². The molecule has 0 N–H and O–H groups in total. The fourth-order valence-electron chi connectivity index (χ4n) is 1.46. The van der Waals surface area contributed by atoms with Gasteiger partial charge in [0.25, 0.3) is 0 Å². The summed E-state index contributed by atoms with van der Waals surface area (Å²) in [5.41, 5.74) is 0.629. The number of ketones is 1. The van der Waals surface area contributed by atoms with Crippen molar-refractivity contribution < 1.29 is 14.3 Å². The highest BCUT2D eigenvalue weighted by molar-refractivity contribution is 6.31. The lowest BCUT2D eigenvalue weighted by Gasteiger charge is -2.12. The Morgan fingerprint density at radius 1 is 1.47 bits per heavy atom. The number of methoxy groups -OCH3 is 1. The van der Waals surface area contributed by atoms with Crippen molar-refractivity contribution in [2.45, 2.75) is 12.8 Å². The zero-order valence-electron chi connectivity index (χ0n) is 9.36. The number of nitrogens with zero attached hydrogens (tertiary/aromatic N) is 1. The van der Waals surface area contributed by atoms with Gasteiger partial charge in [-0.25, -0.2) is 0 Å². The first kappa shape index (κ1) is 13.2. The first-order valence-corrected chi connectivity index (χ1v) is 5.17. The van der Waals surface area contributed by atoms with Gasteiger partial charge in [-0.05, 0) is 24.6 Å². The third kappa shape index (κ3) is 2.83. The highest BCUT2D eigenvalue weighted by Gasteiger charge is 2.26. The van der Waals surface area contributed by atoms with E-state index in [0.717, 1.165) is 0 Å². The molecule has 4 nitrogen and oxygen atoms in total. The molecular formula is C12H10ClNO3. The Morgan fingerprint density at radius 2 is 2.12 bits per heavy atom. The smallest absolute Gasteiger partial charge is 0.320 e. The zero-order chi connectivity index (χ0) is 13.0. The molecule has 0 saturated heterocycles. The molecule has 0 aliphatic heterocycles. The van der Waals surface area contributed by atoms with Crippen LogP contribution in [0.2, 0.25) is 5.02 Å². The number of rotatable bonds is 3. The molecule has 0 spiro atoms. The van der Waals surface area contributed by atoms with Crippen molar-refractivity contribution >= 4 is 23.4 Å². The summed E-state index contributed by atoms with van der Waals surface area (Å²) in [7, 11) is 1.21. The molecule has 1 aromatic carbocycles. The number of benzene rings is 1. The minimum Gasteiger partial charge on any atom is -0.468 e. The molecule has 0 aromatic heterocycles. The Bertz CT molecular complexity index is 505. The summed E-state index contributed by atoms with van der Waals surface area (Å²) >= 11 is 5.77. The predicted molar refractivity (Wildman–Crippen MR) is 61.6 cm³/mol. The van der Waals surface area contributed by atoms with Crippen LogP contribution < -0.4 is 0 Å². The largest absolute Gasteiger partial charge is 0.468 e. The number of ether oxygens (including phenoxy) is 1.